The molecule has 0 heterocycles. The maximum Gasteiger partial charge on any atom is 0.171 e. The van der Waals surface area contributed by atoms with E-state index in [-0.39, 0.29) is 6.04 Å². The molecule has 0 bridgehead atoms. The summed E-state index contributed by atoms with van der Waals surface area (Å²) < 4.78 is 5.34. The molecule has 0 saturated heterocycles. The largest absolute Gasteiger partial charge is 0.497 e. The van der Waals surface area contributed by atoms with Gasteiger partial charge in [0.15, 0.2) is 5.11 Å². The SMILES string of the molecule is COc1ccc2c(c1)CCC[C@@H]2NC(=S)Nc1cc(C)ccc1C. The van der Waals surface area contributed by atoms with E-state index in [1.807, 2.05) is 6.07 Å². The van der Waals surface area contributed by atoms with E-state index in [0.717, 1.165) is 30.7 Å². The van der Waals surface area contributed by atoms with Gasteiger partial charge in [-0.15, -0.1) is 0 Å². The summed E-state index contributed by atoms with van der Waals surface area (Å²) in [5.41, 5.74) is 6.16. The maximum absolute atomic E-state index is 5.55. The second-order valence-electron chi connectivity index (χ2n) is 6.43. The molecule has 0 aromatic heterocycles. The molecule has 3 rings (SSSR count). The molecule has 0 unspecified atom stereocenters. The minimum absolute atomic E-state index is 0.254. The van der Waals surface area contributed by atoms with Gasteiger partial charge in [0.1, 0.15) is 5.75 Å². The lowest BCUT2D eigenvalue weighted by Crippen LogP contribution is -2.34. The number of fused-ring (bicyclic) bond motifs is 1. The number of benzene rings is 2. The molecule has 4 heteroatoms. The van der Waals surface area contributed by atoms with Crippen molar-refractivity contribution in [3.63, 3.8) is 0 Å². The first-order valence-electron chi connectivity index (χ1n) is 8.38. The minimum Gasteiger partial charge on any atom is -0.497 e. The molecule has 0 amide bonds. The summed E-state index contributed by atoms with van der Waals surface area (Å²) in [5, 5.41) is 7.51. The van der Waals surface area contributed by atoms with Gasteiger partial charge in [-0.3, -0.25) is 0 Å². The maximum atomic E-state index is 5.55. The van der Waals surface area contributed by atoms with Crippen LogP contribution in [0.25, 0.3) is 0 Å². The highest BCUT2D eigenvalue weighted by atomic mass is 32.1. The van der Waals surface area contributed by atoms with Crippen molar-refractivity contribution in [2.75, 3.05) is 12.4 Å². The number of aryl methyl sites for hydroxylation is 3. The Morgan fingerprint density at radius 1 is 1.17 bits per heavy atom. The fourth-order valence-electron chi connectivity index (χ4n) is 3.25. The van der Waals surface area contributed by atoms with Crippen LogP contribution in [0.1, 0.15) is 41.1 Å². The summed E-state index contributed by atoms with van der Waals surface area (Å²) in [6.45, 7) is 4.18. The molecule has 1 atom stereocenters. The molecule has 2 aromatic carbocycles. The predicted octanol–water partition coefficient (Wildman–Crippen LogP) is 4.68. The van der Waals surface area contributed by atoms with Gasteiger partial charge in [-0.1, -0.05) is 18.2 Å². The Balaban J connectivity index is 1.73. The van der Waals surface area contributed by atoms with Crippen LogP contribution in [0.5, 0.6) is 5.75 Å². The molecule has 0 saturated carbocycles. The number of methoxy groups -OCH3 is 1. The van der Waals surface area contributed by atoms with Crippen molar-refractivity contribution >= 4 is 23.0 Å². The highest BCUT2D eigenvalue weighted by Crippen LogP contribution is 2.32. The molecule has 1 aliphatic carbocycles. The van der Waals surface area contributed by atoms with E-state index in [1.165, 1.54) is 22.3 Å². The fraction of sp³-hybridized carbons (Fsp3) is 0.350. The third-order valence-corrected chi connectivity index (χ3v) is 4.83. The molecule has 0 fully saturated rings. The average molecular weight is 340 g/mol. The van der Waals surface area contributed by atoms with Gasteiger partial charge in [0.25, 0.3) is 0 Å². The van der Waals surface area contributed by atoms with Crippen molar-refractivity contribution in [3.05, 3.63) is 58.7 Å². The van der Waals surface area contributed by atoms with E-state index in [1.54, 1.807) is 7.11 Å². The number of ether oxygens (including phenoxy) is 1. The van der Waals surface area contributed by atoms with E-state index in [0.29, 0.717) is 5.11 Å². The van der Waals surface area contributed by atoms with Crippen molar-refractivity contribution in [2.24, 2.45) is 0 Å². The Labute approximate surface area is 149 Å². The third-order valence-electron chi connectivity index (χ3n) is 4.61. The number of thiocarbonyl (C=S) groups is 1. The van der Waals surface area contributed by atoms with Crippen LogP contribution < -0.4 is 15.4 Å². The van der Waals surface area contributed by atoms with E-state index >= 15 is 0 Å². The van der Waals surface area contributed by atoms with Crippen LogP contribution in [0.4, 0.5) is 5.69 Å². The zero-order valence-corrected chi connectivity index (χ0v) is 15.3. The number of anilines is 1. The van der Waals surface area contributed by atoms with Crippen molar-refractivity contribution in [3.8, 4) is 5.75 Å². The van der Waals surface area contributed by atoms with E-state index in [2.05, 4.69) is 54.8 Å². The summed E-state index contributed by atoms with van der Waals surface area (Å²) in [4.78, 5) is 0. The molecule has 2 N–H and O–H groups in total. The second kappa shape index (κ2) is 7.22. The molecule has 126 valence electrons. The standard InChI is InChI=1S/C20H24N2OS/c1-13-7-8-14(2)19(11-13)22-20(24)21-18-6-4-5-15-12-16(23-3)9-10-17(15)18/h7-12,18H,4-6H2,1-3H3,(H2,21,22,24)/t18-/m0/s1. The van der Waals surface area contributed by atoms with Crippen LogP contribution in [-0.4, -0.2) is 12.2 Å². The van der Waals surface area contributed by atoms with Gasteiger partial charge in [-0.2, -0.15) is 0 Å². The van der Waals surface area contributed by atoms with Gasteiger partial charge < -0.3 is 15.4 Å². The molecular formula is C20H24N2OS. The lowest BCUT2D eigenvalue weighted by Gasteiger charge is -2.28. The molecule has 24 heavy (non-hydrogen) atoms. The van der Waals surface area contributed by atoms with Crippen LogP contribution in [0.2, 0.25) is 0 Å². The first-order chi connectivity index (χ1) is 11.6. The van der Waals surface area contributed by atoms with E-state index in [4.69, 9.17) is 17.0 Å². The first kappa shape index (κ1) is 16.8. The van der Waals surface area contributed by atoms with Gasteiger partial charge in [0.05, 0.1) is 13.2 Å². The summed E-state index contributed by atoms with van der Waals surface area (Å²) in [7, 11) is 1.71. The molecule has 0 radical (unpaired) electrons. The van der Waals surface area contributed by atoms with Gasteiger partial charge in [-0.25, -0.2) is 0 Å². The van der Waals surface area contributed by atoms with Gasteiger partial charge in [0.2, 0.25) is 0 Å². The number of rotatable bonds is 3. The molecule has 0 spiro atoms. The first-order valence-corrected chi connectivity index (χ1v) is 8.79. The van der Waals surface area contributed by atoms with Crippen LogP contribution in [0, 0.1) is 13.8 Å². The van der Waals surface area contributed by atoms with Gasteiger partial charge >= 0.3 is 0 Å². The lowest BCUT2D eigenvalue weighted by molar-refractivity contribution is 0.412. The third kappa shape index (κ3) is 3.70. The average Bonchev–Trinajstić information content (AvgIpc) is 2.58. The van der Waals surface area contributed by atoms with Crippen LogP contribution in [-0.2, 0) is 6.42 Å². The van der Waals surface area contributed by atoms with Crippen LogP contribution >= 0.6 is 12.2 Å². The van der Waals surface area contributed by atoms with Crippen molar-refractivity contribution in [1.82, 2.24) is 5.32 Å². The lowest BCUT2D eigenvalue weighted by atomic mass is 9.87. The van der Waals surface area contributed by atoms with Crippen molar-refractivity contribution < 1.29 is 4.74 Å². The Morgan fingerprint density at radius 2 is 2.00 bits per heavy atom. The highest BCUT2D eigenvalue weighted by molar-refractivity contribution is 7.80. The predicted molar refractivity (Wildman–Crippen MR) is 104 cm³/mol. The zero-order chi connectivity index (χ0) is 17.1. The molecule has 3 nitrogen and oxygen atoms in total. The topological polar surface area (TPSA) is 33.3 Å². The van der Waals surface area contributed by atoms with Crippen LogP contribution in [0.15, 0.2) is 36.4 Å². The van der Waals surface area contributed by atoms with E-state index < -0.39 is 0 Å². The normalized spacial score (nSPS) is 16.2. The Kier molecular flexibility index (Phi) is 5.05. The molecule has 2 aromatic rings. The second-order valence-corrected chi connectivity index (χ2v) is 6.83. The zero-order valence-electron chi connectivity index (χ0n) is 14.5. The monoisotopic (exact) mass is 340 g/mol. The smallest absolute Gasteiger partial charge is 0.171 e. The van der Waals surface area contributed by atoms with Gasteiger partial charge in [0, 0.05) is 5.69 Å². The fourth-order valence-corrected chi connectivity index (χ4v) is 3.51. The molecular weight excluding hydrogens is 316 g/mol. The van der Waals surface area contributed by atoms with Crippen LogP contribution in [0.3, 0.4) is 0 Å². The minimum atomic E-state index is 0.254. The van der Waals surface area contributed by atoms with Crippen molar-refractivity contribution in [1.29, 1.82) is 0 Å². The summed E-state index contributed by atoms with van der Waals surface area (Å²) in [6, 6.07) is 12.9. The Hall–Kier alpha value is -2.07. The molecule has 1 aliphatic rings. The van der Waals surface area contributed by atoms with E-state index in [9.17, 15) is 0 Å². The quantitative estimate of drug-likeness (QED) is 0.795. The van der Waals surface area contributed by atoms with Crippen molar-refractivity contribution in [2.45, 2.75) is 39.2 Å². The Morgan fingerprint density at radius 3 is 2.79 bits per heavy atom. The summed E-state index contributed by atoms with van der Waals surface area (Å²) >= 11 is 5.55. The number of hydrogen-bond donors (Lipinski definition) is 2. The number of nitrogens with one attached hydrogen (secondary N) is 2. The highest BCUT2D eigenvalue weighted by Gasteiger charge is 2.21. The van der Waals surface area contributed by atoms with Gasteiger partial charge in [-0.05, 0) is 85.8 Å². The molecule has 0 aliphatic heterocycles. The summed E-state index contributed by atoms with van der Waals surface area (Å²) in [6.07, 6.45) is 3.35. The number of hydrogen-bond acceptors (Lipinski definition) is 2. The summed E-state index contributed by atoms with van der Waals surface area (Å²) in [5.74, 6) is 0.922. The Bertz CT molecular complexity index is 757.